The van der Waals surface area contributed by atoms with Gasteiger partial charge in [0.05, 0.1) is 12.1 Å². The molecule has 0 aromatic heterocycles. The molecule has 1 heterocycles. The van der Waals surface area contributed by atoms with Gasteiger partial charge >= 0.3 is 0 Å². The van der Waals surface area contributed by atoms with Gasteiger partial charge < -0.3 is 5.32 Å². The van der Waals surface area contributed by atoms with Crippen molar-refractivity contribution in [3.8, 4) is 0 Å². The minimum atomic E-state index is -0.291. The average Bonchev–Trinajstić information content (AvgIpc) is 2.80. The van der Waals surface area contributed by atoms with Gasteiger partial charge in [-0.2, -0.15) is 0 Å². The predicted octanol–water partition coefficient (Wildman–Crippen LogP) is 4.40. The highest BCUT2D eigenvalue weighted by Gasteiger charge is 2.30. The molecule has 1 N–H and O–H groups in total. The molecule has 2 nitrogen and oxygen atoms in total. The fourth-order valence-corrected chi connectivity index (χ4v) is 3.95. The van der Waals surface area contributed by atoms with Crippen molar-refractivity contribution in [1.82, 2.24) is 5.32 Å². The molecule has 0 saturated heterocycles. The second-order valence-corrected chi connectivity index (χ2v) is 6.43. The van der Waals surface area contributed by atoms with E-state index in [0.29, 0.717) is 17.1 Å². The molecular formula is C14H17Cl2FN2S. The Labute approximate surface area is 134 Å². The van der Waals surface area contributed by atoms with Crippen molar-refractivity contribution in [2.45, 2.75) is 43.5 Å². The minimum Gasteiger partial charge on any atom is -0.360 e. The summed E-state index contributed by atoms with van der Waals surface area (Å²) in [5.41, 5.74) is 0.951. The first-order valence-electron chi connectivity index (χ1n) is 6.63. The molecule has 110 valence electrons. The SMILES string of the molecule is Cl.Fc1ccc(CSC2=NC3CCCCC3N2)c(Cl)c1. The summed E-state index contributed by atoms with van der Waals surface area (Å²) >= 11 is 7.68. The molecule has 1 aliphatic carbocycles. The summed E-state index contributed by atoms with van der Waals surface area (Å²) in [7, 11) is 0. The van der Waals surface area contributed by atoms with Gasteiger partial charge in [-0.1, -0.05) is 42.3 Å². The van der Waals surface area contributed by atoms with Gasteiger partial charge in [-0.05, 0) is 30.5 Å². The lowest BCUT2D eigenvalue weighted by Crippen LogP contribution is -2.36. The molecule has 6 heteroatoms. The normalized spacial score (nSPS) is 24.4. The smallest absolute Gasteiger partial charge is 0.157 e. The first-order chi connectivity index (χ1) is 9.22. The number of halogens is 3. The molecule has 2 unspecified atom stereocenters. The largest absolute Gasteiger partial charge is 0.360 e. The van der Waals surface area contributed by atoms with Crippen LogP contribution in [0.3, 0.4) is 0 Å². The lowest BCUT2D eigenvalue weighted by atomic mass is 9.92. The highest BCUT2D eigenvalue weighted by molar-refractivity contribution is 8.13. The Kier molecular flexibility index (Phi) is 5.58. The summed E-state index contributed by atoms with van der Waals surface area (Å²) in [6, 6.07) is 5.54. The molecule has 0 amide bonds. The lowest BCUT2D eigenvalue weighted by Gasteiger charge is -2.23. The number of hydrogen-bond acceptors (Lipinski definition) is 3. The third-order valence-electron chi connectivity index (χ3n) is 3.70. The van der Waals surface area contributed by atoms with E-state index in [2.05, 4.69) is 5.32 Å². The van der Waals surface area contributed by atoms with Gasteiger partial charge in [0.1, 0.15) is 5.82 Å². The molecule has 0 bridgehead atoms. The summed E-state index contributed by atoms with van der Waals surface area (Å²) in [5, 5.41) is 4.99. The van der Waals surface area contributed by atoms with Crippen LogP contribution in [-0.4, -0.2) is 17.3 Å². The van der Waals surface area contributed by atoms with Gasteiger partial charge in [0.15, 0.2) is 5.17 Å². The maximum Gasteiger partial charge on any atom is 0.157 e. The fraction of sp³-hybridized carbons (Fsp3) is 0.500. The van der Waals surface area contributed by atoms with Crippen LogP contribution in [-0.2, 0) is 5.75 Å². The number of rotatable bonds is 2. The Balaban J connectivity index is 0.00000147. The lowest BCUT2D eigenvalue weighted by molar-refractivity contribution is 0.385. The van der Waals surface area contributed by atoms with Gasteiger partial charge in [0.25, 0.3) is 0 Å². The fourth-order valence-electron chi connectivity index (χ4n) is 2.64. The molecule has 1 fully saturated rings. The molecule has 2 aliphatic rings. The standard InChI is InChI=1S/C14H16ClFN2S.ClH/c15-11-7-10(16)6-5-9(11)8-19-14-17-12-3-1-2-4-13(12)18-14;/h5-7,12-13H,1-4,8H2,(H,17,18);1H. The maximum absolute atomic E-state index is 13.0. The topological polar surface area (TPSA) is 24.4 Å². The number of hydrogen-bond donors (Lipinski definition) is 1. The van der Waals surface area contributed by atoms with E-state index in [4.69, 9.17) is 16.6 Å². The van der Waals surface area contributed by atoms with Gasteiger partial charge in [-0.15, -0.1) is 12.4 Å². The molecule has 0 spiro atoms. The Bertz CT molecular complexity index is 510. The van der Waals surface area contributed by atoms with Crippen molar-refractivity contribution >= 4 is 40.9 Å². The van der Waals surface area contributed by atoms with E-state index >= 15 is 0 Å². The van der Waals surface area contributed by atoms with Crippen LogP contribution in [0.4, 0.5) is 4.39 Å². The molecule has 1 aromatic carbocycles. The number of thioether (sulfide) groups is 1. The van der Waals surface area contributed by atoms with Crippen molar-refractivity contribution in [3.05, 3.63) is 34.6 Å². The second kappa shape index (κ2) is 7.01. The van der Waals surface area contributed by atoms with Crippen LogP contribution in [0.1, 0.15) is 31.2 Å². The van der Waals surface area contributed by atoms with Crippen molar-refractivity contribution in [2.75, 3.05) is 0 Å². The Morgan fingerprint density at radius 2 is 2.15 bits per heavy atom. The van der Waals surface area contributed by atoms with E-state index in [1.165, 1.54) is 37.8 Å². The molecule has 0 radical (unpaired) electrons. The summed E-state index contributed by atoms with van der Waals surface area (Å²) in [4.78, 5) is 4.72. The van der Waals surface area contributed by atoms with E-state index < -0.39 is 0 Å². The molecule has 20 heavy (non-hydrogen) atoms. The van der Waals surface area contributed by atoms with E-state index in [1.807, 2.05) is 0 Å². The van der Waals surface area contributed by atoms with Gasteiger partial charge in [-0.3, -0.25) is 4.99 Å². The second-order valence-electron chi connectivity index (χ2n) is 5.06. The molecule has 1 aromatic rings. The number of nitrogens with zero attached hydrogens (tertiary/aromatic N) is 1. The molecule has 1 aliphatic heterocycles. The summed E-state index contributed by atoms with van der Waals surface area (Å²) in [6.07, 6.45) is 4.99. The number of fused-ring (bicyclic) bond motifs is 1. The van der Waals surface area contributed by atoms with Crippen molar-refractivity contribution < 1.29 is 4.39 Å². The summed E-state index contributed by atoms with van der Waals surface area (Å²) in [5.74, 6) is 0.436. The Morgan fingerprint density at radius 3 is 2.90 bits per heavy atom. The maximum atomic E-state index is 13.0. The minimum absolute atomic E-state index is 0. The third kappa shape index (κ3) is 3.60. The van der Waals surface area contributed by atoms with Crippen LogP contribution in [0.15, 0.2) is 23.2 Å². The highest BCUT2D eigenvalue weighted by Crippen LogP contribution is 2.29. The number of nitrogens with one attached hydrogen (secondary N) is 1. The molecule has 3 rings (SSSR count). The Hall–Kier alpha value is -0.450. The van der Waals surface area contributed by atoms with Crippen LogP contribution in [0, 0.1) is 5.82 Å². The predicted molar refractivity (Wildman–Crippen MR) is 86.6 cm³/mol. The highest BCUT2D eigenvalue weighted by atomic mass is 35.5. The molecule has 1 saturated carbocycles. The quantitative estimate of drug-likeness (QED) is 0.866. The van der Waals surface area contributed by atoms with Gasteiger partial charge in [-0.25, -0.2) is 4.39 Å². The average molecular weight is 335 g/mol. The van der Waals surface area contributed by atoms with E-state index in [-0.39, 0.29) is 18.2 Å². The Morgan fingerprint density at radius 1 is 1.35 bits per heavy atom. The zero-order valence-corrected chi connectivity index (χ0v) is 13.3. The molecule has 2 atom stereocenters. The van der Waals surface area contributed by atoms with E-state index in [1.54, 1.807) is 17.8 Å². The van der Waals surface area contributed by atoms with Gasteiger partial charge in [0, 0.05) is 10.8 Å². The third-order valence-corrected chi connectivity index (χ3v) is 5.00. The van der Waals surface area contributed by atoms with Crippen molar-refractivity contribution in [3.63, 3.8) is 0 Å². The van der Waals surface area contributed by atoms with E-state index in [0.717, 1.165) is 16.5 Å². The van der Waals surface area contributed by atoms with Crippen LogP contribution < -0.4 is 5.32 Å². The van der Waals surface area contributed by atoms with Crippen molar-refractivity contribution in [1.29, 1.82) is 0 Å². The van der Waals surface area contributed by atoms with Gasteiger partial charge in [0.2, 0.25) is 0 Å². The summed E-state index contributed by atoms with van der Waals surface area (Å²) in [6.45, 7) is 0. The molecular weight excluding hydrogens is 318 g/mol. The van der Waals surface area contributed by atoms with Crippen molar-refractivity contribution in [2.24, 2.45) is 4.99 Å². The summed E-state index contributed by atoms with van der Waals surface area (Å²) < 4.78 is 13.0. The number of benzene rings is 1. The zero-order chi connectivity index (χ0) is 13.2. The number of aliphatic imine (C=N–C) groups is 1. The van der Waals surface area contributed by atoms with Crippen LogP contribution in [0.5, 0.6) is 0 Å². The van der Waals surface area contributed by atoms with Crippen LogP contribution in [0.25, 0.3) is 0 Å². The zero-order valence-electron chi connectivity index (χ0n) is 10.9. The first kappa shape index (κ1) is 15.9. The van der Waals surface area contributed by atoms with Crippen LogP contribution in [0.2, 0.25) is 5.02 Å². The van der Waals surface area contributed by atoms with E-state index in [9.17, 15) is 4.39 Å². The first-order valence-corrected chi connectivity index (χ1v) is 8.00. The van der Waals surface area contributed by atoms with Crippen LogP contribution >= 0.6 is 35.8 Å². The monoisotopic (exact) mass is 334 g/mol. The number of amidine groups is 1.